The van der Waals surface area contributed by atoms with E-state index in [2.05, 4.69) is 15.0 Å². The summed E-state index contributed by atoms with van der Waals surface area (Å²) in [6, 6.07) is -0.649. The molecule has 1 aromatic carbocycles. The molecule has 0 bridgehead atoms. The van der Waals surface area contributed by atoms with Crippen LogP contribution in [-0.4, -0.2) is 71.3 Å². The third kappa shape index (κ3) is 7.04. The van der Waals surface area contributed by atoms with Crippen molar-refractivity contribution in [1.29, 1.82) is 0 Å². The molecule has 1 amide bonds. The molecule has 200 valence electrons. The Hall–Kier alpha value is -2.51. The van der Waals surface area contributed by atoms with Gasteiger partial charge in [-0.3, -0.25) is 0 Å². The van der Waals surface area contributed by atoms with Gasteiger partial charge in [0.1, 0.15) is 11.4 Å². The molecule has 1 atom stereocenters. The summed E-state index contributed by atoms with van der Waals surface area (Å²) in [5.41, 5.74) is 8.54. The van der Waals surface area contributed by atoms with Gasteiger partial charge in [-0.25, -0.2) is 0 Å². The van der Waals surface area contributed by atoms with E-state index < -0.39 is 16.1 Å². The number of nitrogens with zero attached hydrogens (tertiary/aromatic N) is 2. The van der Waals surface area contributed by atoms with Crippen molar-refractivity contribution in [2.24, 2.45) is 10.7 Å². The molecule has 2 rings (SSSR count). The Labute approximate surface area is 214 Å². The van der Waals surface area contributed by atoms with Gasteiger partial charge in [0.2, 0.25) is 0 Å². The van der Waals surface area contributed by atoms with Crippen LogP contribution in [-0.2, 0) is 30.8 Å². The first-order valence-electron chi connectivity index (χ1n) is 11.9. The first-order chi connectivity index (χ1) is 16.8. The summed E-state index contributed by atoms with van der Waals surface area (Å²) in [4.78, 5) is 21.6. The van der Waals surface area contributed by atoms with Crippen LogP contribution in [0, 0.1) is 20.8 Å². The topological polar surface area (TPSA) is 152 Å². The van der Waals surface area contributed by atoms with Crippen molar-refractivity contribution in [2.45, 2.75) is 76.8 Å². The molecular formula is C23H38BN5O6S. The third-order valence-electron chi connectivity index (χ3n) is 6.44. The first kappa shape index (κ1) is 29.7. The number of ether oxygens (including phenoxy) is 1. The molecule has 36 heavy (non-hydrogen) atoms. The van der Waals surface area contributed by atoms with Crippen molar-refractivity contribution < 1.29 is 27.5 Å². The number of carbonyl (C=O) groups is 1. The van der Waals surface area contributed by atoms with Gasteiger partial charge < -0.3 is 4.74 Å². The number of sulfonamides is 1. The molecule has 1 heterocycles. The minimum absolute atomic E-state index is 0.0145. The SMILES string of the molecule is CON(C)C(=O)C(CCCN=C(N)NS(=O)(=O)c1c(C)c(C)c2c(c1C)CCC(C)(C)O2)NCB=O. The molecule has 1 aliphatic rings. The quantitative estimate of drug-likeness (QED) is 0.128. The molecule has 0 aromatic heterocycles. The van der Waals surface area contributed by atoms with Crippen LogP contribution in [0.5, 0.6) is 5.75 Å². The van der Waals surface area contributed by atoms with Gasteiger partial charge in [0.05, 0.1) is 0 Å². The van der Waals surface area contributed by atoms with E-state index in [-0.39, 0.29) is 35.4 Å². The number of fused-ring (bicyclic) bond motifs is 1. The molecule has 1 unspecified atom stereocenters. The van der Waals surface area contributed by atoms with E-state index in [1.165, 1.54) is 14.2 Å². The summed E-state index contributed by atoms with van der Waals surface area (Å²) in [6.45, 7) is 9.64. The van der Waals surface area contributed by atoms with Crippen LogP contribution in [0.3, 0.4) is 0 Å². The van der Waals surface area contributed by atoms with E-state index in [4.69, 9.17) is 15.3 Å². The number of guanidine groups is 1. The number of hydroxylamine groups is 2. The monoisotopic (exact) mass is 523 g/mol. The van der Waals surface area contributed by atoms with Crippen molar-refractivity contribution in [1.82, 2.24) is 15.1 Å². The van der Waals surface area contributed by atoms with Crippen molar-refractivity contribution >= 4 is 29.0 Å². The van der Waals surface area contributed by atoms with Gasteiger partial charge in [-0.1, -0.05) is 0 Å². The summed E-state index contributed by atoms with van der Waals surface area (Å²) in [5, 5.41) is 3.91. The van der Waals surface area contributed by atoms with E-state index in [9.17, 15) is 17.9 Å². The fourth-order valence-electron chi connectivity index (χ4n) is 4.28. The number of aliphatic imine (C=N–C) groups is 1. The van der Waals surface area contributed by atoms with Crippen molar-refractivity contribution in [3.05, 3.63) is 22.3 Å². The van der Waals surface area contributed by atoms with Crippen molar-refractivity contribution in [2.75, 3.05) is 27.1 Å². The fraction of sp³-hybridized carbons (Fsp3) is 0.652. The summed E-state index contributed by atoms with van der Waals surface area (Å²) < 4.78 is 45.8. The van der Waals surface area contributed by atoms with Gasteiger partial charge in [0.15, 0.2) is 0 Å². The second-order valence-electron chi connectivity index (χ2n) is 9.53. The zero-order valence-electron chi connectivity index (χ0n) is 22.2. The number of likely N-dealkylation sites (N-methyl/N-ethyl adjacent to an activating group) is 1. The molecule has 4 N–H and O–H groups in total. The molecule has 0 radical (unpaired) electrons. The molecule has 0 saturated carbocycles. The maximum atomic E-state index is 13.3. The molecule has 0 fully saturated rings. The van der Waals surface area contributed by atoms with Gasteiger partial charge in [-0.2, -0.15) is 0 Å². The molecule has 0 aliphatic carbocycles. The molecule has 1 aromatic rings. The van der Waals surface area contributed by atoms with Gasteiger partial charge >= 0.3 is 140 Å². The Morgan fingerprint density at radius 3 is 2.56 bits per heavy atom. The molecule has 1 aliphatic heterocycles. The second kappa shape index (κ2) is 12.2. The number of nitrogens with two attached hydrogens (primary N) is 1. The average molecular weight is 523 g/mol. The van der Waals surface area contributed by atoms with E-state index in [1.54, 1.807) is 13.8 Å². The van der Waals surface area contributed by atoms with E-state index in [1.807, 2.05) is 20.8 Å². The van der Waals surface area contributed by atoms with E-state index in [0.717, 1.165) is 34.8 Å². The Kier molecular flexibility index (Phi) is 10.0. The normalized spacial score (nSPS) is 15.9. The minimum atomic E-state index is -3.99. The Morgan fingerprint density at radius 2 is 1.94 bits per heavy atom. The number of nitrogens with one attached hydrogen (secondary N) is 2. The standard InChI is InChI=1S/C23H38BN5O6S/c1-14-15(2)20(16(3)17-10-11-23(4,5)35-19(14)17)36(32,33)28-22(25)26-12-8-9-18(27-13-24-31)21(30)29(6)34-7/h18,27H,8-13H2,1-7H3,(H3,25,26,28). The van der Waals surface area contributed by atoms with Gasteiger partial charge in [0, 0.05) is 0 Å². The van der Waals surface area contributed by atoms with Crippen LogP contribution in [0.4, 0.5) is 0 Å². The van der Waals surface area contributed by atoms with Crippen LogP contribution in [0.25, 0.3) is 0 Å². The van der Waals surface area contributed by atoms with E-state index in [0.29, 0.717) is 31.1 Å². The summed E-state index contributed by atoms with van der Waals surface area (Å²) in [6.07, 6.45) is 2.29. The van der Waals surface area contributed by atoms with Gasteiger partial charge in [0.25, 0.3) is 0 Å². The van der Waals surface area contributed by atoms with Crippen LogP contribution in [0.15, 0.2) is 9.89 Å². The van der Waals surface area contributed by atoms with Crippen molar-refractivity contribution in [3.63, 3.8) is 0 Å². The van der Waals surface area contributed by atoms with Crippen LogP contribution < -0.4 is 20.5 Å². The van der Waals surface area contributed by atoms with Crippen LogP contribution in [0.2, 0.25) is 0 Å². The Balaban J connectivity index is 2.14. The maximum absolute atomic E-state index is 13.3. The van der Waals surface area contributed by atoms with Gasteiger partial charge in [-0.15, -0.1) is 0 Å². The molecule has 0 saturated heterocycles. The predicted octanol–water partition coefficient (Wildman–Crippen LogP) is 1.07. The Morgan fingerprint density at radius 1 is 1.28 bits per heavy atom. The molecular weight excluding hydrogens is 485 g/mol. The average Bonchev–Trinajstić information content (AvgIpc) is 2.80. The zero-order valence-corrected chi connectivity index (χ0v) is 23.0. The molecule has 13 heteroatoms. The second-order valence-corrected chi connectivity index (χ2v) is 11.2. The third-order valence-corrected chi connectivity index (χ3v) is 8.06. The number of rotatable bonds is 11. The van der Waals surface area contributed by atoms with Crippen LogP contribution >= 0.6 is 0 Å². The number of carbonyl (C=O) groups excluding carboxylic acids is 1. The van der Waals surface area contributed by atoms with Crippen molar-refractivity contribution in [3.8, 4) is 5.75 Å². The number of benzene rings is 1. The predicted molar refractivity (Wildman–Crippen MR) is 138 cm³/mol. The van der Waals surface area contributed by atoms with E-state index >= 15 is 0 Å². The number of amides is 1. The summed E-state index contributed by atoms with van der Waals surface area (Å²) in [7, 11) is -0.482. The van der Waals surface area contributed by atoms with Gasteiger partial charge in [-0.05, 0) is 58.6 Å². The zero-order chi connectivity index (χ0) is 27.3. The Bertz CT molecular complexity index is 1120. The van der Waals surface area contributed by atoms with Crippen LogP contribution in [0.1, 0.15) is 55.4 Å². The first-order valence-corrected chi connectivity index (χ1v) is 13.4. The summed E-state index contributed by atoms with van der Waals surface area (Å²) in [5.74, 6) is 0.186. The summed E-state index contributed by atoms with van der Waals surface area (Å²) >= 11 is 0. The number of hydrogen-bond acceptors (Lipinski definition) is 8. The fourth-order valence-corrected chi connectivity index (χ4v) is 5.80. The molecule has 11 nitrogen and oxygen atoms in total. The number of hydrogen-bond donors (Lipinski definition) is 3. The molecule has 0 spiro atoms.